The number of benzene rings is 2. The molecule has 0 bridgehead atoms. The Bertz CT molecular complexity index is 923. The fraction of sp³-hybridized carbons (Fsp3) is 0.158. The number of rotatable bonds is 4. The smallest absolute Gasteiger partial charge is 0.270 e. The van der Waals surface area contributed by atoms with E-state index in [1.165, 1.54) is 11.3 Å². The number of ether oxygens (including phenoxy) is 3. The maximum absolute atomic E-state index is 12.4. The first kappa shape index (κ1) is 16.4. The predicted molar refractivity (Wildman–Crippen MR) is 99.1 cm³/mol. The van der Waals surface area contributed by atoms with Crippen LogP contribution in [-0.2, 0) is 4.79 Å². The van der Waals surface area contributed by atoms with Gasteiger partial charge in [-0.1, -0.05) is 12.1 Å². The number of nitrogens with one attached hydrogen (secondary N) is 1. The fourth-order valence-electron chi connectivity index (χ4n) is 2.56. The van der Waals surface area contributed by atoms with Crippen LogP contribution < -0.4 is 19.5 Å². The van der Waals surface area contributed by atoms with E-state index in [1.807, 2.05) is 47.8 Å². The van der Waals surface area contributed by atoms with Crippen molar-refractivity contribution in [2.75, 3.05) is 19.0 Å². The summed E-state index contributed by atoms with van der Waals surface area (Å²) in [5.74, 6) is 1.71. The Labute approximate surface area is 154 Å². The van der Waals surface area contributed by atoms with E-state index >= 15 is 0 Å². The molecule has 1 aliphatic heterocycles. The molecular weight excluding hydrogens is 352 g/mol. The van der Waals surface area contributed by atoms with Gasteiger partial charge in [0.1, 0.15) is 12.4 Å². The fourth-order valence-corrected chi connectivity index (χ4v) is 3.28. The number of amides is 1. The summed E-state index contributed by atoms with van der Waals surface area (Å²) in [6.45, 7) is 0.166. The summed E-state index contributed by atoms with van der Waals surface area (Å²) in [6, 6.07) is 14.9. The van der Waals surface area contributed by atoms with Crippen LogP contribution in [0.5, 0.6) is 17.2 Å². The third-order valence-electron chi connectivity index (χ3n) is 3.92. The minimum atomic E-state index is -0.710. The summed E-state index contributed by atoms with van der Waals surface area (Å²) in [5, 5.41) is 5.20. The molecule has 2 heterocycles. The highest BCUT2D eigenvalue weighted by molar-refractivity contribution is 7.14. The Balaban J connectivity index is 1.43. The van der Waals surface area contributed by atoms with E-state index in [0.717, 1.165) is 17.0 Å². The zero-order chi connectivity index (χ0) is 17.9. The predicted octanol–water partition coefficient (Wildman–Crippen LogP) is 3.60. The number of hydrogen-bond donors (Lipinski definition) is 1. The topological polar surface area (TPSA) is 69.7 Å². The highest BCUT2D eigenvalue weighted by atomic mass is 32.1. The summed E-state index contributed by atoms with van der Waals surface area (Å²) in [4.78, 5) is 16.9. The lowest BCUT2D eigenvalue weighted by Crippen LogP contribution is -2.40. The van der Waals surface area contributed by atoms with Gasteiger partial charge < -0.3 is 14.2 Å². The third-order valence-corrected chi connectivity index (χ3v) is 4.68. The Hall–Kier alpha value is -3.06. The van der Waals surface area contributed by atoms with Crippen molar-refractivity contribution in [2.45, 2.75) is 6.10 Å². The quantitative estimate of drug-likeness (QED) is 0.762. The maximum Gasteiger partial charge on any atom is 0.270 e. The molecule has 0 fully saturated rings. The van der Waals surface area contributed by atoms with E-state index in [2.05, 4.69) is 10.3 Å². The first-order chi connectivity index (χ1) is 12.7. The van der Waals surface area contributed by atoms with E-state index in [-0.39, 0.29) is 12.5 Å². The summed E-state index contributed by atoms with van der Waals surface area (Å²) in [7, 11) is 1.63. The van der Waals surface area contributed by atoms with Gasteiger partial charge in [-0.15, -0.1) is 11.3 Å². The minimum Gasteiger partial charge on any atom is -0.497 e. The van der Waals surface area contributed by atoms with Crippen LogP contribution in [-0.4, -0.2) is 30.7 Å². The SMILES string of the molecule is COc1ccc(-c2csc(NC(=O)[C@@H]3COc4ccccc4O3)n2)cc1. The molecule has 0 spiro atoms. The van der Waals surface area contributed by atoms with Crippen LogP contribution in [0, 0.1) is 0 Å². The van der Waals surface area contributed by atoms with Crippen molar-refractivity contribution >= 4 is 22.4 Å². The molecule has 0 unspecified atom stereocenters. The number of thiazole rings is 1. The van der Waals surface area contributed by atoms with E-state index in [1.54, 1.807) is 13.2 Å². The van der Waals surface area contributed by atoms with Gasteiger partial charge in [-0.25, -0.2) is 4.98 Å². The van der Waals surface area contributed by atoms with Crippen molar-refractivity contribution in [3.63, 3.8) is 0 Å². The van der Waals surface area contributed by atoms with Crippen LogP contribution >= 0.6 is 11.3 Å². The highest BCUT2D eigenvalue weighted by Crippen LogP contribution is 2.31. The van der Waals surface area contributed by atoms with Gasteiger partial charge in [0, 0.05) is 10.9 Å². The molecule has 132 valence electrons. The first-order valence-electron chi connectivity index (χ1n) is 8.02. The van der Waals surface area contributed by atoms with Crippen LogP contribution in [0.2, 0.25) is 0 Å². The number of carbonyl (C=O) groups is 1. The van der Waals surface area contributed by atoms with Gasteiger partial charge in [-0.3, -0.25) is 10.1 Å². The molecule has 0 aliphatic carbocycles. The van der Waals surface area contributed by atoms with Crippen LogP contribution in [0.4, 0.5) is 5.13 Å². The van der Waals surface area contributed by atoms with Crippen molar-refractivity contribution in [2.24, 2.45) is 0 Å². The number of hydrogen-bond acceptors (Lipinski definition) is 6. The molecule has 0 saturated carbocycles. The van der Waals surface area contributed by atoms with Gasteiger partial charge in [0.15, 0.2) is 16.6 Å². The summed E-state index contributed by atoms with van der Waals surface area (Å²) < 4.78 is 16.4. The number of methoxy groups -OCH3 is 1. The number of carbonyl (C=O) groups excluding carboxylic acids is 1. The van der Waals surface area contributed by atoms with Crippen LogP contribution in [0.25, 0.3) is 11.3 Å². The molecule has 26 heavy (non-hydrogen) atoms. The van der Waals surface area contributed by atoms with Gasteiger partial charge in [0.2, 0.25) is 6.10 Å². The molecule has 3 aromatic rings. The molecule has 1 N–H and O–H groups in total. The lowest BCUT2D eigenvalue weighted by molar-refractivity contribution is -0.125. The Morgan fingerprint density at radius 1 is 1.19 bits per heavy atom. The van der Waals surface area contributed by atoms with Crippen molar-refractivity contribution < 1.29 is 19.0 Å². The molecule has 6 nitrogen and oxygen atoms in total. The molecule has 7 heteroatoms. The molecule has 1 atom stereocenters. The van der Waals surface area contributed by atoms with E-state index in [4.69, 9.17) is 14.2 Å². The summed E-state index contributed by atoms with van der Waals surface area (Å²) in [5.41, 5.74) is 1.74. The average Bonchev–Trinajstić information content (AvgIpc) is 3.16. The van der Waals surface area contributed by atoms with E-state index in [0.29, 0.717) is 16.6 Å². The standard InChI is InChI=1S/C19H16N2O4S/c1-23-13-8-6-12(7-9-13)14-11-26-19(20-14)21-18(22)17-10-24-15-4-2-3-5-16(15)25-17/h2-9,11,17H,10H2,1H3,(H,20,21,22)/t17-/m0/s1. The Kier molecular flexibility index (Phi) is 4.45. The van der Waals surface area contributed by atoms with Gasteiger partial charge >= 0.3 is 0 Å². The number of anilines is 1. The van der Waals surface area contributed by atoms with Crippen LogP contribution in [0.1, 0.15) is 0 Å². The molecule has 1 aliphatic rings. The largest absolute Gasteiger partial charge is 0.497 e. The zero-order valence-corrected chi connectivity index (χ0v) is 14.8. The number of para-hydroxylation sites is 2. The number of nitrogens with zero attached hydrogens (tertiary/aromatic N) is 1. The van der Waals surface area contributed by atoms with Crippen LogP contribution in [0.3, 0.4) is 0 Å². The average molecular weight is 368 g/mol. The zero-order valence-electron chi connectivity index (χ0n) is 14.0. The van der Waals surface area contributed by atoms with Crippen molar-refractivity contribution in [1.82, 2.24) is 4.98 Å². The van der Waals surface area contributed by atoms with Gasteiger partial charge in [0.25, 0.3) is 5.91 Å². The molecule has 2 aromatic carbocycles. The normalized spacial score (nSPS) is 15.3. The van der Waals surface area contributed by atoms with Gasteiger partial charge in [0.05, 0.1) is 12.8 Å². The third kappa shape index (κ3) is 3.34. The molecule has 4 rings (SSSR count). The number of fused-ring (bicyclic) bond motifs is 1. The van der Waals surface area contributed by atoms with E-state index < -0.39 is 6.10 Å². The molecular formula is C19H16N2O4S. The monoisotopic (exact) mass is 368 g/mol. The summed E-state index contributed by atoms with van der Waals surface area (Å²) >= 11 is 1.36. The second-order valence-electron chi connectivity index (χ2n) is 5.62. The second-order valence-corrected chi connectivity index (χ2v) is 6.48. The lowest BCUT2D eigenvalue weighted by Gasteiger charge is -2.25. The highest BCUT2D eigenvalue weighted by Gasteiger charge is 2.27. The lowest BCUT2D eigenvalue weighted by atomic mass is 10.2. The Morgan fingerprint density at radius 3 is 2.73 bits per heavy atom. The maximum atomic E-state index is 12.4. The number of aromatic nitrogens is 1. The Morgan fingerprint density at radius 2 is 1.96 bits per heavy atom. The van der Waals surface area contributed by atoms with Crippen molar-refractivity contribution in [3.8, 4) is 28.5 Å². The molecule has 1 amide bonds. The van der Waals surface area contributed by atoms with Gasteiger partial charge in [-0.2, -0.15) is 0 Å². The van der Waals surface area contributed by atoms with Crippen LogP contribution in [0.15, 0.2) is 53.9 Å². The minimum absolute atomic E-state index is 0.166. The first-order valence-corrected chi connectivity index (χ1v) is 8.90. The van der Waals surface area contributed by atoms with Crippen molar-refractivity contribution in [3.05, 3.63) is 53.9 Å². The van der Waals surface area contributed by atoms with E-state index in [9.17, 15) is 4.79 Å². The summed E-state index contributed by atoms with van der Waals surface area (Å²) in [6.07, 6.45) is -0.710. The second kappa shape index (κ2) is 7.05. The van der Waals surface area contributed by atoms with Crippen molar-refractivity contribution in [1.29, 1.82) is 0 Å². The molecule has 0 saturated heterocycles. The van der Waals surface area contributed by atoms with Gasteiger partial charge in [-0.05, 0) is 36.4 Å². The molecule has 1 aromatic heterocycles. The molecule has 0 radical (unpaired) electrons.